The number of hydrogen-bond donors (Lipinski definition) is 1. The summed E-state index contributed by atoms with van der Waals surface area (Å²) in [6, 6.07) is 14.2. The van der Waals surface area contributed by atoms with E-state index in [4.69, 9.17) is 9.15 Å². The van der Waals surface area contributed by atoms with Gasteiger partial charge in [0.1, 0.15) is 0 Å². The average Bonchev–Trinajstić information content (AvgIpc) is 3.56. The Kier molecular flexibility index (Phi) is 9.39. The molecule has 1 aliphatic rings. The third-order valence-corrected chi connectivity index (χ3v) is 7.56. The Morgan fingerprint density at radius 2 is 1.86 bits per heavy atom. The predicted octanol–water partition coefficient (Wildman–Crippen LogP) is 3.93. The monoisotopic (exact) mass is 497 g/mol. The number of nitrogens with zero attached hydrogens (tertiary/aromatic N) is 4. The molecule has 1 unspecified atom stereocenters. The van der Waals surface area contributed by atoms with Crippen molar-refractivity contribution in [3.63, 3.8) is 0 Å². The first-order valence-corrected chi connectivity index (χ1v) is 13.4. The number of carbonyl (C=O) groups excluding carboxylic acids is 1. The summed E-state index contributed by atoms with van der Waals surface area (Å²) in [7, 11) is 0. The molecule has 0 saturated carbocycles. The highest BCUT2D eigenvalue weighted by Crippen LogP contribution is 2.26. The number of thioether (sulfide) groups is 1. The minimum absolute atomic E-state index is 0.00743. The van der Waals surface area contributed by atoms with E-state index >= 15 is 0 Å². The summed E-state index contributed by atoms with van der Waals surface area (Å²) in [6.45, 7) is 9.07. The molecule has 188 valence electrons. The Labute approximate surface area is 211 Å². The van der Waals surface area contributed by atoms with Gasteiger partial charge in [0.25, 0.3) is 0 Å². The molecule has 1 atom stereocenters. The number of ether oxygens (including phenoxy) is 1. The second-order valence-electron chi connectivity index (χ2n) is 8.74. The highest BCUT2D eigenvalue weighted by atomic mass is 32.2. The van der Waals surface area contributed by atoms with Gasteiger partial charge in [-0.3, -0.25) is 14.3 Å². The lowest BCUT2D eigenvalue weighted by atomic mass is 9.92. The molecule has 9 heteroatoms. The molecule has 1 saturated heterocycles. The molecule has 3 heterocycles. The van der Waals surface area contributed by atoms with Gasteiger partial charge in [-0.25, -0.2) is 0 Å². The minimum atomic E-state index is 0.00743. The summed E-state index contributed by atoms with van der Waals surface area (Å²) in [5.41, 5.74) is 1.13. The molecular weight excluding hydrogens is 462 g/mol. The second-order valence-corrected chi connectivity index (χ2v) is 9.68. The molecular formula is C26H35N5O3S. The highest BCUT2D eigenvalue weighted by Gasteiger charge is 2.27. The maximum Gasteiger partial charge on any atom is 0.230 e. The van der Waals surface area contributed by atoms with Crippen LogP contribution in [0.4, 0.5) is 0 Å². The number of amides is 1. The van der Waals surface area contributed by atoms with Gasteiger partial charge in [-0.15, -0.1) is 10.2 Å². The van der Waals surface area contributed by atoms with E-state index in [1.54, 1.807) is 6.26 Å². The van der Waals surface area contributed by atoms with Crippen LogP contribution in [0.1, 0.15) is 32.3 Å². The van der Waals surface area contributed by atoms with Crippen molar-refractivity contribution in [2.75, 3.05) is 38.6 Å². The van der Waals surface area contributed by atoms with E-state index in [1.807, 2.05) is 34.9 Å². The maximum absolute atomic E-state index is 12.9. The van der Waals surface area contributed by atoms with Gasteiger partial charge in [-0.2, -0.15) is 0 Å². The van der Waals surface area contributed by atoms with Crippen LogP contribution in [0.25, 0.3) is 11.6 Å². The molecule has 1 N–H and O–H groups in total. The number of furan rings is 1. The van der Waals surface area contributed by atoms with E-state index < -0.39 is 0 Å². The number of aromatic nitrogens is 3. The van der Waals surface area contributed by atoms with Crippen LogP contribution in [0, 0.1) is 5.92 Å². The van der Waals surface area contributed by atoms with Gasteiger partial charge < -0.3 is 14.5 Å². The number of benzene rings is 1. The number of nitrogens with one attached hydrogen (secondary N) is 1. The zero-order valence-electron chi connectivity index (χ0n) is 20.6. The van der Waals surface area contributed by atoms with Crippen LogP contribution in [0.15, 0.2) is 58.3 Å². The first-order valence-electron chi connectivity index (χ1n) is 12.4. The topological polar surface area (TPSA) is 85.4 Å². The van der Waals surface area contributed by atoms with Crippen molar-refractivity contribution in [3.8, 4) is 11.6 Å². The van der Waals surface area contributed by atoms with Crippen molar-refractivity contribution in [3.05, 3.63) is 54.3 Å². The van der Waals surface area contributed by atoms with E-state index in [0.29, 0.717) is 41.8 Å². The molecule has 4 rings (SSSR count). The lowest BCUT2D eigenvalue weighted by Gasteiger charge is -2.38. The Hall–Kier alpha value is -2.62. The molecule has 2 aromatic heterocycles. The standard InChI is InChI=1S/C26H35N5O3S/c1-3-21(4-2)22(30-12-15-33-16-13-30)17-27-24(32)19-35-26-29-28-25(23-11-8-14-34-23)31(26)18-20-9-6-5-7-10-20/h5-11,14,21-22H,3-4,12-13,15-19H2,1-2H3,(H,27,32). The molecule has 0 spiro atoms. The van der Waals surface area contributed by atoms with E-state index in [9.17, 15) is 4.79 Å². The average molecular weight is 498 g/mol. The molecule has 1 fully saturated rings. The van der Waals surface area contributed by atoms with Crippen LogP contribution >= 0.6 is 11.8 Å². The first-order chi connectivity index (χ1) is 17.2. The summed E-state index contributed by atoms with van der Waals surface area (Å²) in [5, 5.41) is 12.6. The fourth-order valence-electron chi connectivity index (χ4n) is 4.63. The third-order valence-electron chi connectivity index (χ3n) is 6.59. The van der Waals surface area contributed by atoms with Gasteiger partial charge >= 0.3 is 0 Å². The SMILES string of the molecule is CCC(CC)C(CNC(=O)CSc1nnc(-c2ccco2)n1Cc1ccccc1)N1CCOCC1. The normalized spacial score (nSPS) is 15.4. The Morgan fingerprint density at radius 3 is 2.54 bits per heavy atom. The van der Waals surface area contributed by atoms with Crippen LogP contribution in [-0.2, 0) is 16.1 Å². The van der Waals surface area contributed by atoms with Crippen LogP contribution in [0.5, 0.6) is 0 Å². The summed E-state index contributed by atoms with van der Waals surface area (Å²) >= 11 is 1.40. The van der Waals surface area contributed by atoms with Gasteiger partial charge in [-0.05, 0) is 23.6 Å². The minimum Gasteiger partial charge on any atom is -0.461 e. The van der Waals surface area contributed by atoms with E-state index in [2.05, 4.69) is 46.4 Å². The summed E-state index contributed by atoms with van der Waals surface area (Å²) in [6.07, 6.45) is 3.82. The summed E-state index contributed by atoms with van der Waals surface area (Å²) in [5.74, 6) is 2.15. The Balaban J connectivity index is 1.40. The molecule has 0 radical (unpaired) electrons. The smallest absolute Gasteiger partial charge is 0.230 e. The second kappa shape index (κ2) is 12.9. The number of carbonyl (C=O) groups is 1. The quantitative estimate of drug-likeness (QED) is 0.380. The molecule has 0 aliphatic carbocycles. The van der Waals surface area contributed by atoms with Gasteiger partial charge in [0, 0.05) is 25.7 Å². The summed E-state index contributed by atoms with van der Waals surface area (Å²) in [4.78, 5) is 15.3. The van der Waals surface area contributed by atoms with E-state index in [1.165, 1.54) is 11.8 Å². The lowest BCUT2D eigenvalue weighted by molar-refractivity contribution is -0.119. The number of rotatable bonds is 12. The van der Waals surface area contributed by atoms with Crippen LogP contribution in [-0.4, -0.2) is 70.2 Å². The molecule has 8 nitrogen and oxygen atoms in total. The molecule has 1 aromatic carbocycles. The molecule has 0 bridgehead atoms. The summed E-state index contributed by atoms with van der Waals surface area (Å²) < 4.78 is 13.1. The molecule has 3 aromatic rings. The van der Waals surface area contributed by atoms with E-state index in [0.717, 1.165) is 44.7 Å². The lowest BCUT2D eigenvalue weighted by Crippen LogP contribution is -2.52. The van der Waals surface area contributed by atoms with Crippen molar-refractivity contribution < 1.29 is 13.9 Å². The van der Waals surface area contributed by atoms with Gasteiger partial charge in [0.05, 0.1) is 31.8 Å². The predicted molar refractivity (Wildman–Crippen MR) is 137 cm³/mol. The number of hydrogen-bond acceptors (Lipinski definition) is 7. The highest BCUT2D eigenvalue weighted by molar-refractivity contribution is 7.99. The fourth-order valence-corrected chi connectivity index (χ4v) is 5.40. The zero-order chi connectivity index (χ0) is 24.5. The van der Waals surface area contributed by atoms with Crippen LogP contribution < -0.4 is 5.32 Å². The van der Waals surface area contributed by atoms with Crippen molar-refractivity contribution in [2.24, 2.45) is 5.92 Å². The van der Waals surface area contributed by atoms with Crippen LogP contribution in [0.2, 0.25) is 0 Å². The molecule has 1 aliphatic heterocycles. The maximum atomic E-state index is 12.9. The molecule has 35 heavy (non-hydrogen) atoms. The van der Waals surface area contributed by atoms with Crippen molar-refractivity contribution >= 4 is 17.7 Å². The third kappa shape index (κ3) is 6.74. The van der Waals surface area contributed by atoms with Crippen molar-refractivity contribution in [1.82, 2.24) is 25.0 Å². The first kappa shape index (κ1) is 25.5. The van der Waals surface area contributed by atoms with Gasteiger partial charge in [-0.1, -0.05) is 68.8 Å². The Morgan fingerprint density at radius 1 is 1.09 bits per heavy atom. The fraction of sp³-hybridized carbons (Fsp3) is 0.500. The zero-order valence-corrected chi connectivity index (χ0v) is 21.4. The largest absolute Gasteiger partial charge is 0.461 e. The van der Waals surface area contributed by atoms with Crippen LogP contribution in [0.3, 0.4) is 0 Å². The van der Waals surface area contributed by atoms with Crippen molar-refractivity contribution in [1.29, 1.82) is 0 Å². The van der Waals surface area contributed by atoms with E-state index in [-0.39, 0.29) is 11.7 Å². The Bertz CT molecular complexity index is 1030. The number of morpholine rings is 1. The van der Waals surface area contributed by atoms with Gasteiger partial charge in [0.2, 0.25) is 11.7 Å². The molecule has 1 amide bonds. The van der Waals surface area contributed by atoms with Gasteiger partial charge in [0.15, 0.2) is 10.9 Å². The van der Waals surface area contributed by atoms with Crippen molar-refractivity contribution in [2.45, 2.75) is 44.4 Å².